The van der Waals surface area contributed by atoms with Gasteiger partial charge in [0.1, 0.15) is 0 Å². The highest BCUT2D eigenvalue weighted by Gasteiger charge is 2.27. The van der Waals surface area contributed by atoms with E-state index in [0.717, 1.165) is 19.0 Å². The lowest BCUT2D eigenvalue weighted by Gasteiger charge is -2.37. The summed E-state index contributed by atoms with van der Waals surface area (Å²) in [5.74, 6) is 0.0467. The summed E-state index contributed by atoms with van der Waals surface area (Å²) in [6.07, 6.45) is 2.53. The van der Waals surface area contributed by atoms with Gasteiger partial charge in [-0.1, -0.05) is 31.2 Å². The second-order valence-corrected chi connectivity index (χ2v) is 5.69. The Hall–Kier alpha value is -1.35. The topological polar surface area (TPSA) is 40.5 Å². The molecule has 1 aromatic rings. The maximum absolute atomic E-state index is 11.2. The molecule has 1 aliphatic rings. The van der Waals surface area contributed by atoms with Gasteiger partial charge in [-0.15, -0.1) is 0 Å². The molecule has 0 saturated carbocycles. The van der Waals surface area contributed by atoms with Crippen molar-refractivity contribution >= 4 is 5.97 Å². The Kier molecular flexibility index (Phi) is 4.59. The van der Waals surface area contributed by atoms with E-state index in [2.05, 4.69) is 30.9 Å². The number of nitrogens with zero attached hydrogens (tertiary/aromatic N) is 1. The van der Waals surface area contributed by atoms with Crippen molar-refractivity contribution in [1.82, 2.24) is 4.90 Å². The SMILES string of the molecule is Cc1ccccc1C(CC(=O)O)N1CCC(C)CC1. The zero-order valence-corrected chi connectivity index (χ0v) is 11.8. The Morgan fingerprint density at radius 3 is 2.58 bits per heavy atom. The first-order chi connectivity index (χ1) is 9.08. The number of hydrogen-bond acceptors (Lipinski definition) is 2. The molecule has 19 heavy (non-hydrogen) atoms. The summed E-state index contributed by atoms with van der Waals surface area (Å²) in [5, 5.41) is 9.19. The van der Waals surface area contributed by atoms with Crippen molar-refractivity contribution in [1.29, 1.82) is 0 Å². The number of aryl methyl sites for hydroxylation is 1. The number of carbonyl (C=O) groups is 1. The predicted molar refractivity (Wildman–Crippen MR) is 76.1 cm³/mol. The van der Waals surface area contributed by atoms with E-state index in [1.165, 1.54) is 24.0 Å². The molecule has 0 aromatic heterocycles. The van der Waals surface area contributed by atoms with Crippen LogP contribution < -0.4 is 0 Å². The normalized spacial score (nSPS) is 19.3. The molecule has 1 unspecified atom stereocenters. The fraction of sp³-hybridized carbons (Fsp3) is 0.562. The monoisotopic (exact) mass is 261 g/mol. The first kappa shape index (κ1) is 14.1. The lowest BCUT2D eigenvalue weighted by atomic mass is 9.92. The van der Waals surface area contributed by atoms with Crippen molar-refractivity contribution in [2.24, 2.45) is 5.92 Å². The second kappa shape index (κ2) is 6.20. The van der Waals surface area contributed by atoms with Gasteiger partial charge in [0.05, 0.1) is 6.42 Å². The summed E-state index contributed by atoms with van der Waals surface area (Å²) in [7, 11) is 0. The van der Waals surface area contributed by atoms with Gasteiger partial charge >= 0.3 is 5.97 Å². The van der Waals surface area contributed by atoms with Gasteiger partial charge in [-0.3, -0.25) is 9.69 Å². The molecule has 1 aliphatic heterocycles. The smallest absolute Gasteiger partial charge is 0.305 e. The zero-order chi connectivity index (χ0) is 13.8. The van der Waals surface area contributed by atoms with Crippen LogP contribution in [0.3, 0.4) is 0 Å². The highest BCUT2D eigenvalue weighted by molar-refractivity contribution is 5.68. The van der Waals surface area contributed by atoms with Gasteiger partial charge in [-0.05, 0) is 49.9 Å². The van der Waals surface area contributed by atoms with E-state index < -0.39 is 5.97 Å². The van der Waals surface area contributed by atoms with E-state index in [1.54, 1.807) is 0 Å². The van der Waals surface area contributed by atoms with Crippen molar-refractivity contribution < 1.29 is 9.90 Å². The molecule has 0 spiro atoms. The standard InChI is InChI=1S/C16H23NO2/c1-12-7-9-17(10-8-12)15(11-16(18)19)14-6-4-3-5-13(14)2/h3-6,12,15H,7-11H2,1-2H3,(H,18,19). The van der Waals surface area contributed by atoms with E-state index in [0.29, 0.717) is 0 Å². The Labute approximate surface area is 115 Å². The van der Waals surface area contributed by atoms with E-state index in [4.69, 9.17) is 0 Å². The maximum atomic E-state index is 11.2. The minimum absolute atomic E-state index is 0.0196. The van der Waals surface area contributed by atoms with Crippen LogP contribution in [0.5, 0.6) is 0 Å². The number of rotatable bonds is 4. The van der Waals surface area contributed by atoms with E-state index in [-0.39, 0.29) is 12.5 Å². The number of hydrogen-bond donors (Lipinski definition) is 1. The van der Waals surface area contributed by atoms with E-state index in [1.807, 2.05) is 12.1 Å². The van der Waals surface area contributed by atoms with Crippen LogP contribution in [0.15, 0.2) is 24.3 Å². The average molecular weight is 261 g/mol. The number of carboxylic acid groups (broad SMARTS) is 1. The lowest BCUT2D eigenvalue weighted by molar-refractivity contribution is -0.138. The first-order valence-corrected chi connectivity index (χ1v) is 7.09. The Morgan fingerprint density at radius 2 is 2.00 bits per heavy atom. The first-order valence-electron chi connectivity index (χ1n) is 7.09. The molecule has 1 atom stereocenters. The molecular weight excluding hydrogens is 238 g/mol. The van der Waals surface area contributed by atoms with Crippen molar-refractivity contribution in [2.45, 2.75) is 39.2 Å². The maximum Gasteiger partial charge on any atom is 0.305 e. The third-order valence-electron chi connectivity index (χ3n) is 4.17. The Balaban J connectivity index is 2.21. The van der Waals surface area contributed by atoms with Gasteiger partial charge in [0.15, 0.2) is 0 Å². The molecule has 1 heterocycles. The number of carboxylic acids is 1. The minimum atomic E-state index is -0.716. The summed E-state index contributed by atoms with van der Waals surface area (Å²) in [6, 6.07) is 8.17. The third kappa shape index (κ3) is 3.57. The van der Waals surface area contributed by atoms with Crippen LogP contribution in [0.25, 0.3) is 0 Å². The zero-order valence-electron chi connectivity index (χ0n) is 11.8. The minimum Gasteiger partial charge on any atom is -0.481 e. The summed E-state index contributed by atoms with van der Waals surface area (Å²) in [4.78, 5) is 13.5. The number of benzene rings is 1. The molecule has 1 fully saturated rings. The van der Waals surface area contributed by atoms with Crippen LogP contribution in [0, 0.1) is 12.8 Å². The molecule has 1 aromatic carbocycles. The van der Waals surface area contributed by atoms with Crippen molar-refractivity contribution in [3.8, 4) is 0 Å². The van der Waals surface area contributed by atoms with E-state index in [9.17, 15) is 9.90 Å². The highest BCUT2D eigenvalue weighted by atomic mass is 16.4. The molecule has 1 N–H and O–H groups in total. The van der Waals surface area contributed by atoms with E-state index >= 15 is 0 Å². The molecule has 0 bridgehead atoms. The summed E-state index contributed by atoms with van der Waals surface area (Å²) in [5.41, 5.74) is 2.35. The van der Waals surface area contributed by atoms with Crippen LogP contribution >= 0.6 is 0 Å². The molecular formula is C16H23NO2. The van der Waals surface area contributed by atoms with Gasteiger partial charge in [0.2, 0.25) is 0 Å². The summed E-state index contributed by atoms with van der Waals surface area (Å²) < 4.78 is 0. The second-order valence-electron chi connectivity index (χ2n) is 5.69. The number of piperidine rings is 1. The molecule has 0 radical (unpaired) electrons. The highest BCUT2D eigenvalue weighted by Crippen LogP contribution is 2.30. The average Bonchev–Trinajstić information content (AvgIpc) is 2.38. The molecule has 0 aliphatic carbocycles. The van der Waals surface area contributed by atoms with Crippen LogP contribution in [0.4, 0.5) is 0 Å². The summed E-state index contributed by atoms with van der Waals surface area (Å²) >= 11 is 0. The Bertz CT molecular complexity index is 436. The fourth-order valence-corrected chi connectivity index (χ4v) is 2.90. The van der Waals surface area contributed by atoms with Crippen LogP contribution in [-0.2, 0) is 4.79 Å². The van der Waals surface area contributed by atoms with Gasteiger partial charge in [-0.2, -0.15) is 0 Å². The quantitative estimate of drug-likeness (QED) is 0.904. The fourth-order valence-electron chi connectivity index (χ4n) is 2.90. The third-order valence-corrected chi connectivity index (χ3v) is 4.17. The molecule has 1 saturated heterocycles. The molecule has 3 heteroatoms. The largest absolute Gasteiger partial charge is 0.481 e. The van der Waals surface area contributed by atoms with Crippen molar-refractivity contribution in [2.75, 3.05) is 13.1 Å². The van der Waals surface area contributed by atoms with Crippen LogP contribution in [0.2, 0.25) is 0 Å². The summed E-state index contributed by atoms with van der Waals surface area (Å²) in [6.45, 7) is 6.36. The van der Waals surface area contributed by atoms with Crippen molar-refractivity contribution in [3.63, 3.8) is 0 Å². The van der Waals surface area contributed by atoms with Gasteiger partial charge in [0, 0.05) is 6.04 Å². The molecule has 2 rings (SSSR count). The van der Waals surface area contributed by atoms with Gasteiger partial charge < -0.3 is 5.11 Å². The van der Waals surface area contributed by atoms with Crippen LogP contribution in [0.1, 0.15) is 43.4 Å². The van der Waals surface area contributed by atoms with Crippen LogP contribution in [-0.4, -0.2) is 29.1 Å². The number of aliphatic carboxylic acids is 1. The Morgan fingerprint density at radius 1 is 1.37 bits per heavy atom. The van der Waals surface area contributed by atoms with Gasteiger partial charge in [-0.25, -0.2) is 0 Å². The predicted octanol–water partition coefficient (Wildman–Crippen LogP) is 3.24. The molecule has 3 nitrogen and oxygen atoms in total. The van der Waals surface area contributed by atoms with Crippen molar-refractivity contribution in [3.05, 3.63) is 35.4 Å². The molecule has 0 amide bonds. The lowest BCUT2D eigenvalue weighted by Crippen LogP contribution is -2.37. The number of likely N-dealkylation sites (tertiary alicyclic amines) is 1. The van der Waals surface area contributed by atoms with Gasteiger partial charge in [0.25, 0.3) is 0 Å². The molecule has 104 valence electrons.